The Morgan fingerprint density at radius 3 is 2.16 bits per heavy atom. The highest BCUT2D eigenvalue weighted by atomic mass is 32.2. The topological polar surface area (TPSA) is 84.0 Å². The summed E-state index contributed by atoms with van der Waals surface area (Å²) in [5, 5.41) is 0. The molecule has 1 fully saturated rings. The number of likely N-dealkylation sites (tertiary alicyclic amines) is 1. The molecule has 7 nitrogen and oxygen atoms in total. The van der Waals surface area contributed by atoms with Crippen LogP contribution in [0, 0.1) is 19.8 Å². The van der Waals surface area contributed by atoms with Gasteiger partial charge in [0.2, 0.25) is 5.91 Å². The van der Waals surface area contributed by atoms with Crippen molar-refractivity contribution in [1.82, 2.24) is 4.90 Å². The van der Waals surface area contributed by atoms with Crippen molar-refractivity contribution in [2.45, 2.75) is 31.6 Å². The molecule has 0 N–H and O–H groups in total. The number of nitrogens with zero attached hydrogens (tertiary/aromatic N) is 2. The van der Waals surface area contributed by atoms with Gasteiger partial charge in [-0.2, -0.15) is 0 Å². The second-order valence-electron chi connectivity index (χ2n) is 7.85. The molecule has 166 valence electrons. The molecular weight excluding hydrogens is 416 g/mol. The summed E-state index contributed by atoms with van der Waals surface area (Å²) in [7, 11) is -2.58. The first-order valence-corrected chi connectivity index (χ1v) is 11.7. The molecule has 0 bridgehead atoms. The largest absolute Gasteiger partial charge is 0.469 e. The number of ether oxygens (including phenoxy) is 1. The van der Waals surface area contributed by atoms with Crippen LogP contribution < -0.4 is 4.31 Å². The van der Waals surface area contributed by atoms with E-state index in [-0.39, 0.29) is 29.2 Å². The average molecular weight is 445 g/mol. The minimum atomic E-state index is -3.94. The molecule has 0 saturated carbocycles. The van der Waals surface area contributed by atoms with Gasteiger partial charge >= 0.3 is 5.97 Å². The number of hydrogen-bond donors (Lipinski definition) is 0. The van der Waals surface area contributed by atoms with Crippen molar-refractivity contribution in [2.75, 3.05) is 31.0 Å². The second kappa shape index (κ2) is 9.51. The molecule has 1 amide bonds. The Kier molecular flexibility index (Phi) is 7.00. The molecule has 0 aromatic heterocycles. The lowest BCUT2D eigenvalue weighted by Gasteiger charge is -2.33. The second-order valence-corrected chi connectivity index (χ2v) is 9.71. The van der Waals surface area contributed by atoms with Crippen molar-refractivity contribution in [3.05, 3.63) is 59.7 Å². The summed E-state index contributed by atoms with van der Waals surface area (Å²) < 4.78 is 32.9. The lowest BCUT2D eigenvalue weighted by atomic mass is 9.97. The van der Waals surface area contributed by atoms with Gasteiger partial charge in [0.05, 0.1) is 23.6 Å². The summed E-state index contributed by atoms with van der Waals surface area (Å²) in [5.74, 6) is -0.782. The Bertz CT molecular complexity index is 1020. The fourth-order valence-electron chi connectivity index (χ4n) is 3.88. The summed E-state index contributed by atoms with van der Waals surface area (Å²) in [4.78, 5) is 26.6. The van der Waals surface area contributed by atoms with E-state index >= 15 is 0 Å². The Hall–Kier alpha value is -2.87. The summed E-state index contributed by atoms with van der Waals surface area (Å²) in [6.45, 7) is 4.27. The predicted octanol–water partition coefficient (Wildman–Crippen LogP) is 2.91. The van der Waals surface area contributed by atoms with E-state index in [0.29, 0.717) is 31.6 Å². The molecule has 8 heteroatoms. The van der Waals surface area contributed by atoms with Crippen molar-refractivity contribution < 1.29 is 22.7 Å². The van der Waals surface area contributed by atoms with Crippen molar-refractivity contribution >= 4 is 27.6 Å². The van der Waals surface area contributed by atoms with Crippen molar-refractivity contribution in [2.24, 2.45) is 5.92 Å². The van der Waals surface area contributed by atoms with Gasteiger partial charge in [0.15, 0.2) is 0 Å². The van der Waals surface area contributed by atoms with Gasteiger partial charge in [0.25, 0.3) is 10.0 Å². The molecule has 31 heavy (non-hydrogen) atoms. The third-order valence-electron chi connectivity index (χ3n) is 5.49. The normalized spacial score (nSPS) is 14.9. The van der Waals surface area contributed by atoms with E-state index < -0.39 is 10.0 Å². The van der Waals surface area contributed by atoms with E-state index in [4.69, 9.17) is 4.74 Å². The quantitative estimate of drug-likeness (QED) is 0.640. The molecule has 3 rings (SSSR count). The number of anilines is 1. The maximum atomic E-state index is 13.4. The van der Waals surface area contributed by atoms with Gasteiger partial charge in [-0.05, 0) is 62.1 Å². The SMILES string of the molecule is COC(=O)C1CCN(C(=O)CN(c2cc(C)cc(C)c2)S(=O)(=O)c2ccccc2)CC1. The summed E-state index contributed by atoms with van der Waals surface area (Å²) >= 11 is 0. The predicted molar refractivity (Wildman–Crippen MR) is 118 cm³/mol. The van der Waals surface area contributed by atoms with Gasteiger partial charge in [-0.25, -0.2) is 8.42 Å². The van der Waals surface area contributed by atoms with Crippen LogP contribution in [0.4, 0.5) is 5.69 Å². The van der Waals surface area contributed by atoms with Gasteiger partial charge in [-0.15, -0.1) is 0 Å². The number of amides is 1. The molecule has 0 spiro atoms. The Morgan fingerprint density at radius 2 is 1.61 bits per heavy atom. The van der Waals surface area contributed by atoms with Crippen LogP contribution in [0.15, 0.2) is 53.4 Å². The number of carbonyl (C=O) groups excluding carboxylic acids is 2. The van der Waals surface area contributed by atoms with Crippen molar-refractivity contribution in [1.29, 1.82) is 0 Å². The lowest BCUT2D eigenvalue weighted by molar-refractivity contribution is -0.148. The minimum Gasteiger partial charge on any atom is -0.469 e. The number of methoxy groups -OCH3 is 1. The molecule has 0 atom stereocenters. The molecule has 2 aromatic carbocycles. The summed E-state index contributed by atoms with van der Waals surface area (Å²) in [5.41, 5.74) is 2.28. The number of rotatable bonds is 6. The highest BCUT2D eigenvalue weighted by Crippen LogP contribution is 2.27. The van der Waals surface area contributed by atoms with E-state index in [1.54, 1.807) is 35.2 Å². The van der Waals surface area contributed by atoms with Gasteiger partial charge in [-0.1, -0.05) is 24.3 Å². The molecule has 2 aromatic rings. The standard InChI is InChI=1S/C23H28N2O5S/c1-17-13-18(2)15-20(14-17)25(31(28,29)21-7-5-4-6-8-21)16-22(26)24-11-9-19(10-12-24)23(27)30-3/h4-8,13-15,19H,9-12,16H2,1-3H3. The van der Waals surface area contributed by atoms with Gasteiger partial charge in [0.1, 0.15) is 6.54 Å². The number of carbonyl (C=O) groups is 2. The molecule has 0 aliphatic carbocycles. The summed E-state index contributed by atoms with van der Waals surface area (Å²) in [6, 6.07) is 13.6. The van der Waals surface area contributed by atoms with Crippen LogP contribution in [-0.2, 0) is 24.3 Å². The number of piperidine rings is 1. The molecule has 1 saturated heterocycles. The number of esters is 1. The van der Waals surface area contributed by atoms with Crippen LogP contribution >= 0.6 is 0 Å². The molecule has 1 aliphatic heterocycles. The molecule has 0 unspecified atom stereocenters. The molecule has 1 heterocycles. The fourth-order valence-corrected chi connectivity index (χ4v) is 5.30. The maximum Gasteiger partial charge on any atom is 0.308 e. The zero-order chi connectivity index (χ0) is 22.6. The van der Waals surface area contributed by atoms with Crippen molar-refractivity contribution in [3.63, 3.8) is 0 Å². The van der Waals surface area contributed by atoms with Crippen LogP contribution in [0.25, 0.3) is 0 Å². The third-order valence-corrected chi connectivity index (χ3v) is 7.27. The van der Waals surface area contributed by atoms with E-state index in [1.807, 2.05) is 19.9 Å². The number of sulfonamides is 1. The van der Waals surface area contributed by atoms with Gasteiger partial charge in [0, 0.05) is 13.1 Å². The first-order valence-electron chi connectivity index (χ1n) is 10.2. The average Bonchev–Trinajstić information content (AvgIpc) is 2.76. The van der Waals surface area contributed by atoms with Crippen LogP contribution in [-0.4, -0.2) is 51.9 Å². The van der Waals surface area contributed by atoms with Crippen LogP contribution in [0.3, 0.4) is 0 Å². The van der Waals surface area contributed by atoms with Crippen LogP contribution in [0.1, 0.15) is 24.0 Å². The third kappa shape index (κ3) is 5.25. The van der Waals surface area contributed by atoms with Gasteiger partial charge in [-0.3, -0.25) is 13.9 Å². The zero-order valence-electron chi connectivity index (χ0n) is 18.1. The minimum absolute atomic E-state index is 0.131. The monoisotopic (exact) mass is 444 g/mol. The summed E-state index contributed by atoms with van der Waals surface area (Å²) in [6.07, 6.45) is 1.01. The highest BCUT2D eigenvalue weighted by molar-refractivity contribution is 7.92. The van der Waals surface area contributed by atoms with E-state index in [9.17, 15) is 18.0 Å². The smallest absolute Gasteiger partial charge is 0.308 e. The van der Waals surface area contributed by atoms with Crippen LogP contribution in [0.5, 0.6) is 0 Å². The number of aryl methyl sites for hydroxylation is 2. The Morgan fingerprint density at radius 1 is 1.03 bits per heavy atom. The first-order chi connectivity index (χ1) is 14.7. The van der Waals surface area contributed by atoms with E-state index in [2.05, 4.69) is 0 Å². The first kappa shape index (κ1) is 22.8. The number of benzene rings is 2. The molecule has 0 radical (unpaired) electrons. The number of hydrogen-bond acceptors (Lipinski definition) is 5. The molecule has 1 aliphatic rings. The lowest BCUT2D eigenvalue weighted by Crippen LogP contribution is -2.46. The zero-order valence-corrected chi connectivity index (χ0v) is 18.9. The van der Waals surface area contributed by atoms with E-state index in [1.165, 1.54) is 23.5 Å². The Balaban J connectivity index is 1.87. The van der Waals surface area contributed by atoms with Crippen molar-refractivity contribution in [3.8, 4) is 0 Å². The molecular formula is C23H28N2O5S. The maximum absolute atomic E-state index is 13.4. The van der Waals surface area contributed by atoms with Gasteiger partial charge < -0.3 is 9.64 Å². The Labute approximate surface area is 183 Å². The van der Waals surface area contributed by atoms with E-state index in [0.717, 1.165) is 11.1 Å². The highest BCUT2D eigenvalue weighted by Gasteiger charge is 2.32. The van der Waals surface area contributed by atoms with Crippen LogP contribution in [0.2, 0.25) is 0 Å². The fraction of sp³-hybridized carbons (Fsp3) is 0.391.